The van der Waals surface area contributed by atoms with Crippen LogP contribution in [0.25, 0.3) is 0 Å². The minimum atomic E-state index is -1.27. The predicted octanol–water partition coefficient (Wildman–Crippen LogP) is 2.80. The molecule has 30 heavy (non-hydrogen) atoms. The van der Waals surface area contributed by atoms with Crippen molar-refractivity contribution in [3.05, 3.63) is 0 Å². The molecular formula is C21H38N2O7. The third kappa shape index (κ3) is 11.6. The molecule has 0 radical (unpaired) electrons. The van der Waals surface area contributed by atoms with Gasteiger partial charge in [-0.25, -0.2) is 4.79 Å². The molecule has 0 spiro atoms. The van der Waals surface area contributed by atoms with Crippen molar-refractivity contribution in [3.8, 4) is 0 Å². The molecule has 9 heteroatoms. The summed E-state index contributed by atoms with van der Waals surface area (Å²) in [5.74, 6) is -1.87. The fraction of sp³-hybridized carbons (Fsp3) is 0.810. The van der Waals surface area contributed by atoms with Gasteiger partial charge in [0.1, 0.15) is 23.8 Å². The van der Waals surface area contributed by atoms with Crippen LogP contribution < -0.4 is 5.32 Å². The van der Waals surface area contributed by atoms with Crippen LogP contribution in [0.1, 0.15) is 75.7 Å². The van der Waals surface area contributed by atoms with Crippen molar-refractivity contribution in [2.75, 3.05) is 13.2 Å². The van der Waals surface area contributed by atoms with Gasteiger partial charge in [-0.2, -0.15) is 0 Å². The maximum absolute atomic E-state index is 13.3. The Morgan fingerprint density at radius 1 is 0.833 bits per heavy atom. The van der Waals surface area contributed by atoms with Gasteiger partial charge in [0.05, 0.1) is 13.0 Å². The lowest BCUT2D eigenvalue weighted by atomic mass is 10.0. The zero-order valence-corrected chi connectivity index (χ0v) is 20.0. The van der Waals surface area contributed by atoms with Crippen molar-refractivity contribution >= 4 is 23.9 Å². The Labute approximate surface area is 179 Å². The molecule has 0 aliphatic carbocycles. The SMILES string of the molecule is CCOC(=O)CN(C(=O)[C@H](CC(=O)OC(C)(C)C)NC(=O)OC(C)(C)C)C(C)(C)C. The highest BCUT2D eigenvalue weighted by atomic mass is 16.6. The van der Waals surface area contributed by atoms with E-state index in [9.17, 15) is 19.2 Å². The summed E-state index contributed by atoms with van der Waals surface area (Å²) in [5.41, 5.74) is -2.32. The largest absolute Gasteiger partial charge is 0.465 e. The first-order valence-corrected chi connectivity index (χ1v) is 10.0. The van der Waals surface area contributed by atoms with Crippen LogP contribution in [0, 0.1) is 0 Å². The Hall–Kier alpha value is -2.32. The molecule has 2 amide bonds. The second-order valence-corrected chi connectivity index (χ2v) is 9.89. The number of hydrogen-bond acceptors (Lipinski definition) is 7. The van der Waals surface area contributed by atoms with E-state index in [4.69, 9.17) is 14.2 Å². The molecule has 0 saturated carbocycles. The number of rotatable bonds is 7. The molecule has 0 aliphatic heterocycles. The number of carbonyl (C=O) groups excluding carboxylic acids is 4. The molecule has 1 atom stereocenters. The van der Waals surface area contributed by atoms with Crippen LogP contribution >= 0.6 is 0 Å². The third-order valence-electron chi connectivity index (χ3n) is 3.45. The lowest BCUT2D eigenvalue weighted by molar-refractivity contribution is -0.159. The number of nitrogens with one attached hydrogen (secondary N) is 1. The van der Waals surface area contributed by atoms with Gasteiger partial charge >= 0.3 is 18.0 Å². The summed E-state index contributed by atoms with van der Waals surface area (Å²) in [4.78, 5) is 51.2. The van der Waals surface area contributed by atoms with E-state index in [0.29, 0.717) is 0 Å². The van der Waals surface area contributed by atoms with Crippen molar-refractivity contribution in [2.24, 2.45) is 0 Å². The highest BCUT2D eigenvalue weighted by Gasteiger charge is 2.37. The highest BCUT2D eigenvalue weighted by molar-refractivity contribution is 5.92. The zero-order valence-electron chi connectivity index (χ0n) is 20.0. The van der Waals surface area contributed by atoms with Gasteiger partial charge in [-0.15, -0.1) is 0 Å². The molecule has 1 N–H and O–H groups in total. The smallest absolute Gasteiger partial charge is 0.408 e. The van der Waals surface area contributed by atoms with E-state index in [1.54, 1.807) is 69.2 Å². The van der Waals surface area contributed by atoms with E-state index in [1.807, 2.05) is 0 Å². The van der Waals surface area contributed by atoms with Crippen LogP contribution in [-0.4, -0.2) is 64.8 Å². The lowest BCUT2D eigenvalue weighted by Crippen LogP contribution is -2.57. The van der Waals surface area contributed by atoms with Gasteiger partial charge in [0.15, 0.2) is 0 Å². The number of amides is 2. The summed E-state index contributed by atoms with van der Waals surface area (Å²) in [5, 5.41) is 2.44. The number of ether oxygens (including phenoxy) is 3. The van der Waals surface area contributed by atoms with Crippen molar-refractivity contribution in [2.45, 2.75) is 98.4 Å². The predicted molar refractivity (Wildman–Crippen MR) is 112 cm³/mol. The first-order chi connectivity index (χ1) is 13.4. The number of esters is 2. The molecule has 0 aromatic rings. The van der Waals surface area contributed by atoms with E-state index < -0.39 is 53.1 Å². The topological polar surface area (TPSA) is 111 Å². The molecule has 0 aliphatic rings. The Balaban J connectivity index is 5.74. The Bertz CT molecular complexity index is 595. The summed E-state index contributed by atoms with van der Waals surface area (Å²) in [7, 11) is 0. The fourth-order valence-electron chi connectivity index (χ4n) is 2.37. The Morgan fingerprint density at radius 3 is 1.73 bits per heavy atom. The van der Waals surface area contributed by atoms with Crippen LogP contribution in [0.2, 0.25) is 0 Å². The molecule has 9 nitrogen and oxygen atoms in total. The van der Waals surface area contributed by atoms with Gasteiger partial charge in [-0.05, 0) is 69.2 Å². The maximum Gasteiger partial charge on any atom is 0.408 e. The lowest BCUT2D eigenvalue weighted by Gasteiger charge is -2.37. The minimum Gasteiger partial charge on any atom is -0.465 e. The number of alkyl carbamates (subject to hydrolysis) is 1. The van der Waals surface area contributed by atoms with Gasteiger partial charge in [0, 0.05) is 5.54 Å². The Morgan fingerprint density at radius 2 is 1.33 bits per heavy atom. The van der Waals surface area contributed by atoms with E-state index in [0.717, 1.165) is 0 Å². The van der Waals surface area contributed by atoms with Gasteiger partial charge in [0.25, 0.3) is 0 Å². The normalized spacial score (nSPS) is 13.1. The second-order valence-electron chi connectivity index (χ2n) is 9.89. The van der Waals surface area contributed by atoms with Crippen LogP contribution in [0.3, 0.4) is 0 Å². The molecule has 174 valence electrons. The molecule has 0 bridgehead atoms. The zero-order chi connectivity index (χ0) is 23.9. The van der Waals surface area contributed by atoms with Gasteiger partial charge in [0.2, 0.25) is 5.91 Å². The van der Waals surface area contributed by atoms with Gasteiger partial charge in [-0.1, -0.05) is 0 Å². The summed E-state index contributed by atoms with van der Waals surface area (Å²) in [6.07, 6.45) is -1.26. The quantitative estimate of drug-likeness (QED) is 0.488. The molecule has 0 aromatic carbocycles. The van der Waals surface area contributed by atoms with E-state index in [1.165, 1.54) is 4.90 Å². The fourth-order valence-corrected chi connectivity index (χ4v) is 2.37. The molecule has 0 heterocycles. The third-order valence-corrected chi connectivity index (χ3v) is 3.45. The average Bonchev–Trinajstić information content (AvgIpc) is 2.46. The first-order valence-electron chi connectivity index (χ1n) is 10.0. The van der Waals surface area contributed by atoms with E-state index >= 15 is 0 Å². The molecule has 0 rings (SSSR count). The van der Waals surface area contributed by atoms with E-state index in [2.05, 4.69) is 5.32 Å². The molecule has 0 aromatic heterocycles. The average molecular weight is 431 g/mol. The van der Waals surface area contributed by atoms with Gasteiger partial charge in [-0.3, -0.25) is 14.4 Å². The van der Waals surface area contributed by atoms with E-state index in [-0.39, 0.29) is 13.2 Å². The molecule has 0 saturated heterocycles. The number of carbonyl (C=O) groups is 4. The van der Waals surface area contributed by atoms with Gasteiger partial charge < -0.3 is 24.4 Å². The summed E-state index contributed by atoms with van der Waals surface area (Å²) >= 11 is 0. The highest BCUT2D eigenvalue weighted by Crippen LogP contribution is 2.18. The van der Waals surface area contributed by atoms with Crippen LogP contribution in [0.4, 0.5) is 4.79 Å². The standard InChI is InChI=1S/C21H38N2O7/c1-11-28-16(25)13-23(19(2,3)4)17(26)14(12-15(24)29-20(5,6)7)22-18(27)30-21(8,9)10/h14H,11-13H2,1-10H3,(H,22,27)/t14-/m0/s1. The molecule has 0 unspecified atom stereocenters. The Kier molecular flexibility index (Phi) is 9.81. The molecular weight excluding hydrogens is 392 g/mol. The van der Waals surface area contributed by atoms with Crippen LogP contribution in [0.5, 0.6) is 0 Å². The van der Waals surface area contributed by atoms with Crippen molar-refractivity contribution < 1.29 is 33.4 Å². The van der Waals surface area contributed by atoms with Crippen molar-refractivity contribution in [3.63, 3.8) is 0 Å². The monoisotopic (exact) mass is 430 g/mol. The first kappa shape index (κ1) is 27.7. The summed E-state index contributed by atoms with van der Waals surface area (Å²) in [6, 6.07) is -1.27. The van der Waals surface area contributed by atoms with Crippen LogP contribution in [0.15, 0.2) is 0 Å². The molecule has 0 fully saturated rings. The second kappa shape index (κ2) is 10.6. The van der Waals surface area contributed by atoms with Crippen LogP contribution in [-0.2, 0) is 28.6 Å². The van der Waals surface area contributed by atoms with Crippen molar-refractivity contribution in [1.29, 1.82) is 0 Å². The number of nitrogens with zero attached hydrogens (tertiary/aromatic N) is 1. The number of hydrogen-bond donors (Lipinski definition) is 1. The summed E-state index contributed by atoms with van der Waals surface area (Å²) < 4.78 is 15.5. The van der Waals surface area contributed by atoms with Crippen molar-refractivity contribution in [1.82, 2.24) is 10.2 Å². The maximum atomic E-state index is 13.3. The summed E-state index contributed by atoms with van der Waals surface area (Å²) in [6.45, 7) is 16.9. The minimum absolute atomic E-state index is 0.169.